The fourth-order valence-corrected chi connectivity index (χ4v) is 7.14. The van der Waals surface area contributed by atoms with E-state index < -0.39 is 119 Å². The van der Waals surface area contributed by atoms with Gasteiger partial charge in [-0.3, -0.25) is 0 Å². The van der Waals surface area contributed by atoms with Gasteiger partial charge in [0.15, 0.2) is 58.2 Å². The van der Waals surface area contributed by atoms with Gasteiger partial charge in [0.1, 0.15) is 25.4 Å². The summed E-state index contributed by atoms with van der Waals surface area (Å²) < 4.78 is 222. The van der Waals surface area contributed by atoms with E-state index in [0.717, 1.165) is 12.1 Å². The van der Waals surface area contributed by atoms with Crippen molar-refractivity contribution in [3.05, 3.63) is 106 Å². The first-order valence-electron chi connectivity index (χ1n) is 18.4. The average Bonchev–Trinajstić information content (AvgIpc) is 3.18. The highest BCUT2D eigenvalue weighted by atomic mass is 32.2. The molecule has 340 valence electrons. The number of likely N-dealkylation sites (N-methyl/N-ethyl adjacent to an activating group) is 1. The summed E-state index contributed by atoms with van der Waals surface area (Å²) in [5.41, 5.74) is -5.72. The third-order valence-corrected chi connectivity index (χ3v) is 11.1. The predicted octanol–water partition coefficient (Wildman–Crippen LogP) is 4.76. The van der Waals surface area contributed by atoms with Crippen molar-refractivity contribution in [1.82, 2.24) is 0 Å². The number of hydrogen-bond donors (Lipinski definition) is 0. The molecule has 0 amide bonds. The highest BCUT2D eigenvalue weighted by molar-refractivity contribution is 7.85. The molecule has 0 aromatic heterocycles. The first-order valence-corrected chi connectivity index (χ1v) is 21.6. The highest BCUT2D eigenvalue weighted by Gasteiger charge is 2.42. The van der Waals surface area contributed by atoms with Crippen molar-refractivity contribution in [1.29, 1.82) is 0 Å². The Kier molecular flexibility index (Phi) is 16.2. The summed E-state index contributed by atoms with van der Waals surface area (Å²) >= 11 is 0. The minimum atomic E-state index is -4.52. The van der Waals surface area contributed by atoms with Gasteiger partial charge in [-0.2, -0.15) is 10.2 Å². The Labute approximate surface area is 356 Å². The molecular weight excluding hydrogens is 901 g/mol. The van der Waals surface area contributed by atoms with E-state index in [4.69, 9.17) is 4.74 Å². The minimum absolute atomic E-state index is 0.0121. The zero-order chi connectivity index (χ0) is 47.2. The monoisotopic (exact) mass is 938 g/mol. The van der Waals surface area contributed by atoms with E-state index >= 15 is 17.6 Å². The summed E-state index contributed by atoms with van der Waals surface area (Å²) in [7, 11) is -2.09. The zero-order valence-electron chi connectivity index (χ0n) is 33.7. The number of quaternary nitrogens is 2. The third-order valence-electron chi connectivity index (χ3n) is 9.53. The van der Waals surface area contributed by atoms with Gasteiger partial charge in [-0.05, 0) is 53.8 Å². The van der Waals surface area contributed by atoms with Gasteiger partial charge in [-0.1, -0.05) is 5.92 Å². The molecule has 11 nitrogen and oxygen atoms in total. The molecule has 0 aliphatic carbocycles. The fourth-order valence-electron chi connectivity index (χ4n) is 6.18. The Balaban J connectivity index is 1.82. The molecule has 0 radical (unpaired) electrons. The van der Waals surface area contributed by atoms with Crippen LogP contribution in [-0.4, -0.2) is 114 Å². The van der Waals surface area contributed by atoms with E-state index in [1.807, 2.05) is 0 Å². The summed E-state index contributed by atoms with van der Waals surface area (Å²) in [6, 6.07) is 8.50. The maximum absolute atomic E-state index is 15.6. The van der Waals surface area contributed by atoms with Crippen molar-refractivity contribution in [2.24, 2.45) is 10.2 Å². The van der Waals surface area contributed by atoms with Crippen molar-refractivity contribution in [2.75, 3.05) is 72.5 Å². The average molecular weight is 939 g/mol. The Morgan fingerprint density at radius 3 is 1.51 bits per heavy atom. The number of rotatable bonds is 18. The van der Waals surface area contributed by atoms with Crippen LogP contribution >= 0.6 is 0 Å². The molecule has 0 spiro atoms. The lowest BCUT2D eigenvalue weighted by Gasteiger charge is -2.29. The minimum Gasteiger partial charge on any atom is -0.748 e. The van der Waals surface area contributed by atoms with Gasteiger partial charge in [0.25, 0.3) is 6.71 Å². The first-order chi connectivity index (χ1) is 29.1. The van der Waals surface area contributed by atoms with Crippen molar-refractivity contribution in [2.45, 2.75) is 12.8 Å². The standard InChI is InChI=1S/C39H37BF10N4O7S2/c1-53(2,16-6-20-62(55,56)57)15-5-8-23-9-14-27(52-51-24-10-12-25(13-11-24)61-19-18-54(3,4)17-7-21-63(58,59)60)26(22-23)40(28-30(41)34(45)38(49)35(46)31(28)42)29-32(43)36(47)39(50)37(48)33(29)44/h9-14,22H,6-7,15-21H2,1-4H3. The van der Waals surface area contributed by atoms with Crippen molar-refractivity contribution in [3.63, 3.8) is 0 Å². The van der Waals surface area contributed by atoms with E-state index in [1.54, 1.807) is 28.2 Å². The van der Waals surface area contributed by atoms with Gasteiger partial charge in [0.05, 0.1) is 72.9 Å². The van der Waals surface area contributed by atoms with Crippen molar-refractivity contribution in [3.8, 4) is 17.6 Å². The Morgan fingerprint density at radius 1 is 0.603 bits per heavy atom. The molecule has 0 bridgehead atoms. The molecule has 0 atom stereocenters. The molecule has 4 aromatic rings. The third kappa shape index (κ3) is 13.5. The van der Waals surface area contributed by atoms with Crippen molar-refractivity contribution >= 4 is 54.7 Å². The molecule has 0 fully saturated rings. The summed E-state index contributed by atoms with van der Waals surface area (Å²) in [4.78, 5) is 0. The maximum Gasteiger partial charge on any atom is 0.260 e. The Hall–Kier alpha value is -5.06. The van der Waals surface area contributed by atoms with Crippen LogP contribution in [0.3, 0.4) is 0 Å². The fraction of sp³-hybridized carbons (Fsp3) is 0.333. The zero-order valence-corrected chi connectivity index (χ0v) is 35.4. The molecule has 0 N–H and O–H groups in total. The summed E-state index contributed by atoms with van der Waals surface area (Å²) in [6.07, 6.45) is 0.0755. The topological polar surface area (TPSA) is 148 Å². The van der Waals surface area contributed by atoms with Crippen LogP contribution in [0.4, 0.5) is 55.3 Å². The Bertz CT molecular complexity index is 2550. The number of benzene rings is 4. The molecular formula is C39H37BF10N4O7S2. The largest absolute Gasteiger partial charge is 0.748 e. The Morgan fingerprint density at radius 2 is 1.05 bits per heavy atom. The van der Waals surface area contributed by atoms with Gasteiger partial charge in [0.2, 0.25) is 0 Å². The lowest BCUT2D eigenvalue weighted by Crippen LogP contribution is -2.58. The number of ether oxygens (including phenoxy) is 1. The molecule has 24 heteroatoms. The number of halogens is 10. The van der Waals surface area contributed by atoms with E-state index in [-0.39, 0.29) is 48.3 Å². The van der Waals surface area contributed by atoms with Crippen LogP contribution in [0, 0.1) is 70.0 Å². The van der Waals surface area contributed by atoms with Crippen LogP contribution in [0.25, 0.3) is 0 Å². The van der Waals surface area contributed by atoms with Crippen molar-refractivity contribution < 1.29 is 83.5 Å². The molecule has 4 rings (SSSR count). The van der Waals surface area contributed by atoms with E-state index in [2.05, 4.69) is 22.1 Å². The second-order valence-electron chi connectivity index (χ2n) is 15.4. The van der Waals surface area contributed by atoms with Gasteiger partial charge in [0, 0.05) is 40.8 Å². The second-order valence-corrected chi connectivity index (χ2v) is 18.5. The molecule has 0 heterocycles. The molecule has 63 heavy (non-hydrogen) atoms. The summed E-state index contributed by atoms with van der Waals surface area (Å²) in [5, 5.41) is 7.93. The van der Waals surface area contributed by atoms with Gasteiger partial charge < -0.3 is 22.8 Å². The van der Waals surface area contributed by atoms with E-state index in [0.29, 0.717) is 23.3 Å². The van der Waals surface area contributed by atoms with Crippen LogP contribution in [0.2, 0.25) is 0 Å². The number of nitrogens with zero attached hydrogens (tertiary/aromatic N) is 4. The van der Waals surface area contributed by atoms with Crippen LogP contribution in [0.1, 0.15) is 18.4 Å². The molecule has 0 unspecified atom stereocenters. The maximum atomic E-state index is 15.6. The van der Waals surface area contributed by atoms with E-state index in [1.165, 1.54) is 30.3 Å². The van der Waals surface area contributed by atoms with Crippen LogP contribution in [-0.2, 0) is 20.2 Å². The molecule has 4 aromatic carbocycles. The number of azo groups is 1. The van der Waals surface area contributed by atoms with E-state index in [9.17, 15) is 52.3 Å². The molecule has 0 saturated heterocycles. The first kappa shape index (κ1) is 50.6. The van der Waals surface area contributed by atoms with Gasteiger partial charge >= 0.3 is 0 Å². The number of hydrogen-bond acceptors (Lipinski definition) is 9. The smallest absolute Gasteiger partial charge is 0.260 e. The van der Waals surface area contributed by atoms with Crippen LogP contribution in [0.5, 0.6) is 5.75 Å². The van der Waals surface area contributed by atoms with Crippen LogP contribution in [0.15, 0.2) is 52.7 Å². The second kappa shape index (κ2) is 20.2. The van der Waals surface area contributed by atoms with Gasteiger partial charge in [-0.15, -0.1) is 0 Å². The predicted molar refractivity (Wildman–Crippen MR) is 209 cm³/mol. The summed E-state index contributed by atoms with van der Waals surface area (Å²) in [5.74, 6) is -22.1. The molecule has 0 aliphatic heterocycles. The van der Waals surface area contributed by atoms with Gasteiger partial charge in [-0.25, -0.2) is 60.7 Å². The van der Waals surface area contributed by atoms with Crippen LogP contribution < -0.4 is 21.1 Å². The highest BCUT2D eigenvalue weighted by Crippen LogP contribution is 2.25. The molecule has 0 saturated carbocycles. The lowest BCUT2D eigenvalue weighted by atomic mass is 9.35. The molecule has 0 aliphatic rings. The lowest BCUT2D eigenvalue weighted by molar-refractivity contribution is -0.890. The SMILES string of the molecule is C[N+](C)(CC#Cc1ccc(N=Nc2ccc(OCC[N+](C)(C)CCCS(=O)(=O)[O-])cc2)c(B(c2c(F)c(F)c(F)c(F)c2F)c2c(F)c(F)c(F)c(F)c2F)c1)CCCS(=O)(=O)[O-]. The summed E-state index contributed by atoms with van der Waals surface area (Å²) in [6.45, 7) is -2.04. The normalized spacial score (nSPS) is 12.4. The quantitative estimate of drug-likeness (QED) is 0.0204.